The first-order valence-electron chi connectivity index (χ1n) is 12.3. The monoisotopic (exact) mass is 576 g/mol. The van der Waals surface area contributed by atoms with Crippen LogP contribution in [0.4, 0.5) is 15.8 Å². The molecule has 2 N–H and O–H groups in total. The Morgan fingerprint density at radius 3 is 2.62 bits per heavy atom. The minimum absolute atomic E-state index is 0.0211. The molecule has 3 saturated heterocycles. The highest BCUT2D eigenvalue weighted by atomic mass is 32.2. The predicted octanol–water partition coefficient (Wildman–Crippen LogP) is 1.79. The first-order valence-corrected chi connectivity index (χ1v) is 15.6. The second kappa shape index (κ2) is 8.83. The van der Waals surface area contributed by atoms with Gasteiger partial charge in [0.25, 0.3) is 10.0 Å². The molecule has 4 aliphatic rings. The smallest absolute Gasteiger partial charge is 0.286 e. The highest BCUT2D eigenvalue weighted by Crippen LogP contribution is 2.47. The van der Waals surface area contributed by atoms with E-state index < -0.39 is 55.7 Å². The topological polar surface area (TPSA) is 151 Å². The van der Waals surface area contributed by atoms with E-state index in [1.54, 1.807) is 24.0 Å². The lowest BCUT2D eigenvalue weighted by atomic mass is 9.73. The summed E-state index contributed by atoms with van der Waals surface area (Å²) in [6.45, 7) is 1.71. The van der Waals surface area contributed by atoms with Gasteiger partial charge in [-0.15, -0.1) is 4.40 Å². The fourth-order valence-corrected chi connectivity index (χ4v) is 7.78. The molecule has 2 bridgehead atoms. The highest BCUT2D eigenvalue weighted by Gasteiger charge is 2.62. The van der Waals surface area contributed by atoms with E-state index in [0.29, 0.717) is 24.0 Å². The van der Waals surface area contributed by atoms with E-state index in [1.807, 2.05) is 0 Å². The first-order chi connectivity index (χ1) is 18.3. The van der Waals surface area contributed by atoms with Gasteiger partial charge in [0.05, 0.1) is 36.1 Å². The molecular formula is C25H25FN4O7S2. The summed E-state index contributed by atoms with van der Waals surface area (Å²) in [5.74, 6) is -3.92. The van der Waals surface area contributed by atoms with Gasteiger partial charge in [-0.25, -0.2) is 12.8 Å². The number of benzene rings is 2. The molecule has 5 unspecified atom stereocenters. The largest absolute Gasteiger partial charge is 0.372 e. The molecule has 0 radical (unpaired) electrons. The summed E-state index contributed by atoms with van der Waals surface area (Å²) < 4.78 is 75.4. The number of rotatable bonds is 5. The Balaban J connectivity index is 1.38. The van der Waals surface area contributed by atoms with Gasteiger partial charge in [-0.1, -0.05) is 12.1 Å². The minimum Gasteiger partial charge on any atom is -0.372 e. The number of fused-ring (bicyclic) bond motifs is 6. The molecule has 5 atom stereocenters. The Bertz CT molecular complexity index is 1670. The minimum atomic E-state index is -4.39. The van der Waals surface area contributed by atoms with Crippen LogP contribution in [0.3, 0.4) is 0 Å². The number of sulfonamides is 2. The lowest BCUT2D eigenvalue weighted by molar-refractivity contribution is -0.151. The maximum atomic E-state index is 13.9. The molecule has 6 rings (SSSR count). The number of nitrogens with zero attached hydrogens (tertiary/aromatic N) is 2. The molecule has 206 valence electrons. The van der Waals surface area contributed by atoms with Crippen molar-refractivity contribution in [1.82, 2.24) is 4.90 Å². The number of Topliss-reactive ketones (excluding diaryl/α,β-unsaturated/α-hetero) is 1. The fourth-order valence-electron chi connectivity index (χ4n) is 6.05. The van der Waals surface area contributed by atoms with E-state index in [0.717, 1.165) is 12.3 Å². The Morgan fingerprint density at radius 1 is 1.15 bits per heavy atom. The van der Waals surface area contributed by atoms with E-state index in [1.165, 1.54) is 18.2 Å². The summed E-state index contributed by atoms with van der Waals surface area (Å²) in [4.78, 5) is 28.9. The molecule has 2 aromatic rings. The molecule has 3 fully saturated rings. The van der Waals surface area contributed by atoms with Crippen LogP contribution in [0.15, 0.2) is 45.7 Å². The van der Waals surface area contributed by atoms with E-state index >= 15 is 0 Å². The standard InChI is InChI=1S/C25H25FN4O7S2/c1-12-9-13(3-5-15(12)26)11-30-22-18-8-7-17(37-18)20(22)23(31)21(25(30)32)24-27-16-6-4-14(28-38(2,33)34)10-19(16)39(35,36)29-24/h3-6,9-10,17-18,20-22,28H,7-8,11H2,1-2H3,(H,27,29). The van der Waals surface area contributed by atoms with Crippen molar-refractivity contribution in [1.29, 1.82) is 0 Å². The molecule has 39 heavy (non-hydrogen) atoms. The van der Waals surface area contributed by atoms with Gasteiger partial charge in [0.2, 0.25) is 15.9 Å². The normalized spacial score (nSPS) is 28.9. The Morgan fingerprint density at radius 2 is 1.90 bits per heavy atom. The number of hydrogen-bond donors (Lipinski definition) is 2. The number of ether oxygens (including phenoxy) is 1. The summed E-state index contributed by atoms with van der Waals surface area (Å²) in [5, 5.41) is 2.83. The summed E-state index contributed by atoms with van der Waals surface area (Å²) in [5.41, 5.74) is 1.16. The van der Waals surface area contributed by atoms with Crippen molar-refractivity contribution in [2.45, 2.75) is 49.5 Å². The third-order valence-electron chi connectivity index (χ3n) is 7.63. The number of carbonyl (C=O) groups is 2. The van der Waals surface area contributed by atoms with Crippen molar-refractivity contribution in [3.8, 4) is 0 Å². The van der Waals surface area contributed by atoms with Gasteiger partial charge in [0.15, 0.2) is 11.7 Å². The van der Waals surface area contributed by atoms with Crippen LogP contribution in [-0.2, 0) is 40.9 Å². The molecule has 0 aliphatic carbocycles. The average Bonchev–Trinajstić information content (AvgIpc) is 3.46. The van der Waals surface area contributed by atoms with Crippen LogP contribution in [0.1, 0.15) is 24.0 Å². The summed E-state index contributed by atoms with van der Waals surface area (Å²) >= 11 is 0. The van der Waals surface area contributed by atoms with Crippen molar-refractivity contribution < 1.29 is 35.6 Å². The number of hydrogen-bond acceptors (Lipinski definition) is 8. The van der Waals surface area contributed by atoms with Gasteiger partial charge in [-0.2, -0.15) is 8.42 Å². The van der Waals surface area contributed by atoms with Gasteiger partial charge in [-0.3, -0.25) is 14.3 Å². The zero-order valence-corrected chi connectivity index (χ0v) is 22.6. The van der Waals surface area contributed by atoms with Crippen molar-refractivity contribution in [3.05, 3.63) is 53.3 Å². The highest BCUT2D eigenvalue weighted by molar-refractivity contribution is 7.92. The van der Waals surface area contributed by atoms with E-state index in [9.17, 15) is 30.8 Å². The van der Waals surface area contributed by atoms with Crippen LogP contribution in [0, 0.1) is 24.6 Å². The summed E-state index contributed by atoms with van der Waals surface area (Å²) in [6, 6.07) is 7.84. The Hall–Kier alpha value is -3.36. The van der Waals surface area contributed by atoms with Crippen LogP contribution in [0.5, 0.6) is 0 Å². The molecule has 2 aromatic carbocycles. The number of likely N-dealkylation sites (tertiary alicyclic amines) is 1. The van der Waals surface area contributed by atoms with Crippen molar-refractivity contribution >= 4 is 48.9 Å². The van der Waals surface area contributed by atoms with Crippen LogP contribution in [-0.4, -0.2) is 63.8 Å². The number of halogens is 1. The van der Waals surface area contributed by atoms with Gasteiger partial charge >= 0.3 is 0 Å². The molecular weight excluding hydrogens is 551 g/mol. The molecule has 11 nitrogen and oxygen atoms in total. The third kappa shape index (κ3) is 4.39. The Labute approximate surface area is 224 Å². The zero-order chi connectivity index (χ0) is 27.9. The van der Waals surface area contributed by atoms with Crippen molar-refractivity contribution in [2.75, 3.05) is 16.3 Å². The van der Waals surface area contributed by atoms with Crippen LogP contribution >= 0.6 is 0 Å². The number of piperidine rings is 1. The Kier molecular flexibility index (Phi) is 5.86. The van der Waals surface area contributed by atoms with E-state index in [-0.39, 0.29) is 40.6 Å². The molecule has 4 aliphatic heterocycles. The number of ketones is 1. The van der Waals surface area contributed by atoms with E-state index in [4.69, 9.17) is 4.74 Å². The lowest BCUT2D eigenvalue weighted by Crippen LogP contribution is -2.62. The molecule has 4 heterocycles. The van der Waals surface area contributed by atoms with Gasteiger partial charge < -0.3 is 15.0 Å². The number of carbonyl (C=O) groups excluding carboxylic acids is 2. The number of amidine groups is 1. The van der Waals surface area contributed by atoms with Crippen LogP contribution in [0.2, 0.25) is 0 Å². The summed E-state index contributed by atoms with van der Waals surface area (Å²) in [7, 11) is -8.05. The SMILES string of the molecule is Cc1cc(CN2C(=O)C(C3=NS(=O)(=O)c4cc(NS(C)(=O)=O)ccc4N3)C(=O)C3C4CCC(O4)C32)ccc1F. The van der Waals surface area contributed by atoms with Gasteiger partial charge in [-0.05, 0) is 55.2 Å². The zero-order valence-electron chi connectivity index (χ0n) is 20.9. The molecule has 0 saturated carbocycles. The second-order valence-electron chi connectivity index (χ2n) is 10.4. The average molecular weight is 577 g/mol. The molecule has 1 amide bonds. The maximum Gasteiger partial charge on any atom is 0.286 e. The third-order valence-corrected chi connectivity index (χ3v) is 9.57. The van der Waals surface area contributed by atoms with Gasteiger partial charge in [0.1, 0.15) is 16.5 Å². The van der Waals surface area contributed by atoms with Crippen LogP contribution in [0.25, 0.3) is 0 Å². The van der Waals surface area contributed by atoms with E-state index in [2.05, 4.69) is 14.4 Å². The fraction of sp³-hybridized carbons (Fsp3) is 0.400. The number of nitrogens with one attached hydrogen (secondary N) is 2. The molecule has 0 aromatic heterocycles. The quantitative estimate of drug-likeness (QED) is 0.512. The maximum absolute atomic E-state index is 13.9. The van der Waals surface area contributed by atoms with Crippen LogP contribution < -0.4 is 10.0 Å². The lowest BCUT2D eigenvalue weighted by Gasteiger charge is -2.44. The second-order valence-corrected chi connectivity index (χ2v) is 13.7. The summed E-state index contributed by atoms with van der Waals surface area (Å²) in [6.07, 6.45) is 1.57. The molecule has 0 spiro atoms. The number of amides is 1. The van der Waals surface area contributed by atoms with Crippen molar-refractivity contribution in [2.24, 2.45) is 16.2 Å². The predicted molar refractivity (Wildman–Crippen MR) is 139 cm³/mol. The molecule has 14 heteroatoms. The number of anilines is 2. The van der Waals surface area contributed by atoms with Crippen molar-refractivity contribution in [3.63, 3.8) is 0 Å². The van der Waals surface area contributed by atoms with Gasteiger partial charge in [0, 0.05) is 12.2 Å². The first kappa shape index (κ1) is 25.9. The number of aryl methyl sites for hydroxylation is 1.